The lowest BCUT2D eigenvalue weighted by Crippen LogP contribution is -2.00. The van der Waals surface area contributed by atoms with Crippen LogP contribution in [0.2, 0.25) is 0 Å². The highest BCUT2D eigenvalue weighted by Crippen LogP contribution is 2.16. The first-order valence-corrected chi connectivity index (χ1v) is 6.35. The highest BCUT2D eigenvalue weighted by Gasteiger charge is 1.95. The Hall–Kier alpha value is -0.830. The molecule has 0 aliphatic carbocycles. The average Bonchev–Trinajstić information content (AvgIpc) is 2.29. The number of benzene rings is 1. The third-order valence-electron chi connectivity index (χ3n) is 1.76. The van der Waals surface area contributed by atoms with Gasteiger partial charge in [0.2, 0.25) is 0 Å². The molecule has 1 rings (SSSR count). The zero-order valence-electron chi connectivity index (χ0n) is 10.1. The smallest absolute Gasteiger partial charge is 0.129 e. The van der Waals surface area contributed by atoms with Crippen LogP contribution in [0.1, 0.15) is 33.6 Å². The number of halogens is 1. The third-order valence-corrected chi connectivity index (χ3v) is 2.28. The van der Waals surface area contributed by atoms with Crippen molar-refractivity contribution in [3.8, 4) is 5.75 Å². The van der Waals surface area contributed by atoms with Gasteiger partial charge >= 0.3 is 0 Å². The van der Waals surface area contributed by atoms with Crippen molar-refractivity contribution in [2.24, 2.45) is 0 Å². The molecule has 0 aliphatic rings. The van der Waals surface area contributed by atoms with E-state index in [1.807, 2.05) is 38.1 Å². The van der Waals surface area contributed by atoms with Crippen molar-refractivity contribution in [2.75, 3.05) is 6.61 Å². The molecule has 90 valence electrons. The monoisotopic (exact) mass is 286 g/mol. The van der Waals surface area contributed by atoms with Crippen molar-refractivity contribution in [2.45, 2.75) is 33.6 Å². The van der Waals surface area contributed by atoms with Crippen LogP contribution in [0.15, 0.2) is 28.7 Å². The number of ketones is 1. The van der Waals surface area contributed by atoms with E-state index in [0.717, 1.165) is 16.6 Å². The highest BCUT2D eigenvalue weighted by atomic mass is 79.9. The van der Waals surface area contributed by atoms with Gasteiger partial charge in [-0.3, -0.25) is 0 Å². The molecular formula is C13H19BrO2. The molecule has 0 amide bonds. The summed E-state index contributed by atoms with van der Waals surface area (Å²) in [5.74, 6) is 1.06. The van der Waals surface area contributed by atoms with Crippen LogP contribution in [0.4, 0.5) is 0 Å². The van der Waals surface area contributed by atoms with Gasteiger partial charge in [0, 0.05) is 10.9 Å². The van der Waals surface area contributed by atoms with Gasteiger partial charge in [0.1, 0.15) is 11.5 Å². The van der Waals surface area contributed by atoms with Crippen molar-refractivity contribution in [1.29, 1.82) is 0 Å². The Morgan fingerprint density at radius 2 is 1.81 bits per heavy atom. The van der Waals surface area contributed by atoms with Crippen molar-refractivity contribution in [3.05, 3.63) is 28.7 Å². The molecule has 0 aromatic heterocycles. The van der Waals surface area contributed by atoms with E-state index < -0.39 is 0 Å². The molecule has 1 aromatic rings. The first-order chi connectivity index (χ1) is 7.68. The first kappa shape index (κ1) is 15.2. The van der Waals surface area contributed by atoms with Crippen LogP contribution in [0.5, 0.6) is 5.75 Å². The Morgan fingerprint density at radius 1 is 1.25 bits per heavy atom. The molecule has 0 radical (unpaired) electrons. The quantitative estimate of drug-likeness (QED) is 0.758. The second-order valence-electron chi connectivity index (χ2n) is 3.11. The van der Waals surface area contributed by atoms with Crippen LogP contribution in [0, 0.1) is 0 Å². The maximum Gasteiger partial charge on any atom is 0.129 e. The van der Waals surface area contributed by atoms with Gasteiger partial charge in [0.15, 0.2) is 0 Å². The fourth-order valence-electron chi connectivity index (χ4n) is 1.04. The third kappa shape index (κ3) is 7.46. The summed E-state index contributed by atoms with van der Waals surface area (Å²) in [5, 5.41) is 0. The van der Waals surface area contributed by atoms with E-state index in [-0.39, 0.29) is 5.78 Å². The molecule has 0 spiro atoms. The van der Waals surface area contributed by atoms with Gasteiger partial charge in [-0.25, -0.2) is 0 Å². The zero-order chi connectivity index (χ0) is 12.4. The number of hydrogen-bond acceptors (Lipinski definition) is 2. The fourth-order valence-corrected chi connectivity index (χ4v) is 1.31. The lowest BCUT2D eigenvalue weighted by molar-refractivity contribution is -0.117. The second-order valence-corrected chi connectivity index (χ2v) is 4.02. The molecular weight excluding hydrogens is 268 g/mol. The summed E-state index contributed by atoms with van der Waals surface area (Å²) in [4.78, 5) is 10.6. The molecule has 0 bridgehead atoms. The van der Waals surface area contributed by atoms with E-state index in [9.17, 15) is 4.79 Å². The minimum atomic E-state index is 0.212. The molecule has 0 atom stereocenters. The minimum Gasteiger partial charge on any atom is -0.494 e. The van der Waals surface area contributed by atoms with Gasteiger partial charge in [-0.15, -0.1) is 0 Å². The summed E-state index contributed by atoms with van der Waals surface area (Å²) in [6, 6.07) is 7.66. The predicted molar refractivity (Wildman–Crippen MR) is 70.9 cm³/mol. The number of hydrogen-bond donors (Lipinski definition) is 0. The molecule has 16 heavy (non-hydrogen) atoms. The van der Waals surface area contributed by atoms with Crippen molar-refractivity contribution >= 4 is 21.7 Å². The van der Waals surface area contributed by atoms with Gasteiger partial charge in [-0.1, -0.05) is 29.8 Å². The van der Waals surface area contributed by atoms with Gasteiger partial charge in [0.25, 0.3) is 0 Å². The summed E-state index contributed by atoms with van der Waals surface area (Å²) >= 11 is 3.35. The minimum absolute atomic E-state index is 0.212. The predicted octanol–water partition coefficient (Wildman–Crippen LogP) is 4.22. The largest absolute Gasteiger partial charge is 0.494 e. The number of Topliss-reactive ketones (excluding diaryl/α,β-unsaturated/α-hetero) is 1. The SMILES string of the molecule is CC.CC(=O)CCCOc1ccc(Br)cc1. The summed E-state index contributed by atoms with van der Waals surface area (Å²) in [6.45, 7) is 6.20. The van der Waals surface area contributed by atoms with Gasteiger partial charge in [-0.2, -0.15) is 0 Å². The number of ether oxygens (including phenoxy) is 1. The second kappa shape index (κ2) is 9.40. The lowest BCUT2D eigenvalue weighted by Gasteiger charge is -2.04. The number of rotatable bonds is 5. The van der Waals surface area contributed by atoms with Crippen molar-refractivity contribution in [1.82, 2.24) is 0 Å². The standard InChI is InChI=1S/C11H13BrO2.C2H6/c1-9(13)3-2-8-14-11-6-4-10(12)5-7-11;1-2/h4-7H,2-3,8H2,1H3;1-2H3. The Labute approximate surface area is 106 Å². The van der Waals surface area contributed by atoms with Crippen LogP contribution in [0.3, 0.4) is 0 Å². The normalized spacial score (nSPS) is 9.00. The Balaban J connectivity index is 0.00000106. The number of carbonyl (C=O) groups is 1. The average molecular weight is 287 g/mol. The molecule has 0 N–H and O–H groups in total. The zero-order valence-corrected chi connectivity index (χ0v) is 11.7. The molecule has 2 nitrogen and oxygen atoms in total. The van der Waals surface area contributed by atoms with Crippen molar-refractivity contribution in [3.63, 3.8) is 0 Å². The molecule has 0 aliphatic heterocycles. The Bertz CT molecular complexity index is 293. The molecule has 0 saturated carbocycles. The molecule has 0 heterocycles. The molecule has 0 fully saturated rings. The van der Waals surface area contributed by atoms with Crippen LogP contribution in [0.25, 0.3) is 0 Å². The Morgan fingerprint density at radius 3 is 2.31 bits per heavy atom. The molecule has 0 unspecified atom stereocenters. The molecule has 0 saturated heterocycles. The number of carbonyl (C=O) groups excluding carboxylic acids is 1. The first-order valence-electron chi connectivity index (χ1n) is 5.56. The Kier molecular flexibility index (Phi) is 8.91. The van der Waals surface area contributed by atoms with E-state index in [0.29, 0.717) is 13.0 Å². The summed E-state index contributed by atoms with van der Waals surface area (Å²) in [7, 11) is 0. The molecule has 1 aromatic carbocycles. The van der Waals surface area contributed by atoms with E-state index in [1.54, 1.807) is 6.92 Å². The van der Waals surface area contributed by atoms with Crippen LogP contribution in [-0.4, -0.2) is 12.4 Å². The van der Waals surface area contributed by atoms with Crippen molar-refractivity contribution < 1.29 is 9.53 Å². The van der Waals surface area contributed by atoms with Gasteiger partial charge in [0.05, 0.1) is 6.61 Å². The van der Waals surface area contributed by atoms with Crippen LogP contribution >= 0.6 is 15.9 Å². The van der Waals surface area contributed by atoms with E-state index in [1.165, 1.54) is 0 Å². The highest BCUT2D eigenvalue weighted by molar-refractivity contribution is 9.10. The fraction of sp³-hybridized carbons (Fsp3) is 0.462. The maximum atomic E-state index is 10.6. The summed E-state index contributed by atoms with van der Waals surface area (Å²) < 4.78 is 6.47. The van der Waals surface area contributed by atoms with E-state index in [4.69, 9.17) is 4.74 Å². The van der Waals surface area contributed by atoms with Crippen LogP contribution in [-0.2, 0) is 4.79 Å². The topological polar surface area (TPSA) is 26.3 Å². The summed E-state index contributed by atoms with van der Waals surface area (Å²) in [6.07, 6.45) is 1.38. The molecule has 3 heteroatoms. The van der Waals surface area contributed by atoms with E-state index >= 15 is 0 Å². The van der Waals surface area contributed by atoms with Crippen LogP contribution < -0.4 is 4.74 Å². The van der Waals surface area contributed by atoms with Gasteiger partial charge < -0.3 is 9.53 Å². The lowest BCUT2D eigenvalue weighted by atomic mass is 10.2. The summed E-state index contributed by atoms with van der Waals surface area (Å²) in [5.41, 5.74) is 0. The van der Waals surface area contributed by atoms with Gasteiger partial charge in [-0.05, 0) is 37.6 Å². The maximum absolute atomic E-state index is 10.6. The van der Waals surface area contributed by atoms with E-state index in [2.05, 4.69) is 15.9 Å².